The highest BCUT2D eigenvalue weighted by Gasteiger charge is 2.26. The largest absolute Gasteiger partial charge is 0.308 e. The smallest absolute Gasteiger partial charge is 0.161 e. The van der Waals surface area contributed by atoms with E-state index in [1.54, 1.807) is 6.07 Å². The molecule has 98 valence electrons. The summed E-state index contributed by atoms with van der Waals surface area (Å²) in [6.07, 6.45) is 2.26. The van der Waals surface area contributed by atoms with Crippen molar-refractivity contribution in [2.75, 3.05) is 5.43 Å². The number of anilines is 1. The maximum atomic E-state index is 13.2. The lowest BCUT2D eigenvalue weighted by atomic mass is 10.2. The van der Waals surface area contributed by atoms with Crippen LogP contribution in [-0.4, -0.2) is 9.97 Å². The van der Waals surface area contributed by atoms with Gasteiger partial charge in [0.1, 0.15) is 11.6 Å². The van der Waals surface area contributed by atoms with Gasteiger partial charge in [0.2, 0.25) is 0 Å². The highest BCUT2D eigenvalue weighted by Crippen LogP contribution is 2.40. The SMILES string of the molecule is NNc1cc(C2CC2)nc(-c2ccc(F)c(Cl)c2)n1. The Morgan fingerprint density at radius 2 is 2.05 bits per heavy atom. The molecular formula is C13H12ClFN4. The Labute approximate surface area is 114 Å². The third kappa shape index (κ3) is 2.52. The van der Waals surface area contributed by atoms with Gasteiger partial charge in [0.15, 0.2) is 5.82 Å². The van der Waals surface area contributed by atoms with Crippen LogP contribution in [0.4, 0.5) is 10.2 Å². The van der Waals surface area contributed by atoms with Gasteiger partial charge in [0.25, 0.3) is 0 Å². The molecular weight excluding hydrogens is 267 g/mol. The van der Waals surface area contributed by atoms with Crippen molar-refractivity contribution in [2.24, 2.45) is 5.84 Å². The van der Waals surface area contributed by atoms with Gasteiger partial charge in [-0.25, -0.2) is 20.2 Å². The number of nitrogen functional groups attached to an aromatic ring is 1. The van der Waals surface area contributed by atoms with E-state index in [1.807, 2.05) is 6.07 Å². The summed E-state index contributed by atoms with van der Waals surface area (Å²) in [5.41, 5.74) is 4.16. The molecule has 0 unspecified atom stereocenters. The van der Waals surface area contributed by atoms with Crippen molar-refractivity contribution in [1.82, 2.24) is 9.97 Å². The highest BCUT2D eigenvalue weighted by molar-refractivity contribution is 6.31. The number of hydrogen-bond donors (Lipinski definition) is 2. The monoisotopic (exact) mass is 278 g/mol. The summed E-state index contributed by atoms with van der Waals surface area (Å²) in [5, 5.41) is 0.0557. The van der Waals surface area contributed by atoms with Crippen molar-refractivity contribution in [3.8, 4) is 11.4 Å². The van der Waals surface area contributed by atoms with Gasteiger partial charge in [0, 0.05) is 23.2 Å². The first-order valence-electron chi connectivity index (χ1n) is 5.98. The molecule has 0 spiro atoms. The molecule has 0 amide bonds. The second kappa shape index (κ2) is 4.75. The number of aromatic nitrogens is 2. The molecule has 4 nitrogen and oxygen atoms in total. The fourth-order valence-electron chi connectivity index (χ4n) is 1.89. The third-order valence-electron chi connectivity index (χ3n) is 3.07. The van der Waals surface area contributed by atoms with Crippen LogP contribution >= 0.6 is 11.6 Å². The topological polar surface area (TPSA) is 63.8 Å². The first kappa shape index (κ1) is 12.3. The van der Waals surface area contributed by atoms with Crippen LogP contribution in [0.3, 0.4) is 0 Å². The third-order valence-corrected chi connectivity index (χ3v) is 3.36. The lowest BCUT2D eigenvalue weighted by Gasteiger charge is -2.07. The minimum Gasteiger partial charge on any atom is -0.308 e. The van der Waals surface area contributed by atoms with E-state index < -0.39 is 5.82 Å². The molecule has 2 aromatic rings. The molecule has 6 heteroatoms. The molecule has 3 N–H and O–H groups in total. The van der Waals surface area contributed by atoms with E-state index in [1.165, 1.54) is 12.1 Å². The number of hydrogen-bond acceptors (Lipinski definition) is 4. The zero-order chi connectivity index (χ0) is 13.4. The van der Waals surface area contributed by atoms with Crippen molar-refractivity contribution < 1.29 is 4.39 Å². The molecule has 0 aliphatic heterocycles. The standard InChI is InChI=1S/C13H12ClFN4/c14-9-5-8(3-4-10(9)15)13-17-11(7-1-2-7)6-12(18-13)19-16/h3-7H,1-2,16H2,(H,17,18,19). The predicted octanol–water partition coefficient (Wildman–Crippen LogP) is 3.10. The average molecular weight is 279 g/mol. The van der Waals surface area contributed by atoms with Gasteiger partial charge in [-0.3, -0.25) is 0 Å². The lowest BCUT2D eigenvalue weighted by molar-refractivity contribution is 0.628. The summed E-state index contributed by atoms with van der Waals surface area (Å²) in [4.78, 5) is 8.77. The average Bonchev–Trinajstić information content (AvgIpc) is 3.26. The quantitative estimate of drug-likeness (QED) is 0.669. The number of rotatable bonds is 3. The Bertz CT molecular complexity index is 628. The van der Waals surface area contributed by atoms with Crippen LogP contribution in [0.5, 0.6) is 0 Å². The molecule has 0 atom stereocenters. The van der Waals surface area contributed by atoms with Gasteiger partial charge >= 0.3 is 0 Å². The van der Waals surface area contributed by atoms with E-state index in [0.29, 0.717) is 23.1 Å². The van der Waals surface area contributed by atoms with Crippen LogP contribution in [0.1, 0.15) is 24.5 Å². The number of benzene rings is 1. The van der Waals surface area contributed by atoms with Gasteiger partial charge in [0.05, 0.1) is 5.02 Å². The molecule has 0 saturated heterocycles. The summed E-state index contributed by atoms with van der Waals surface area (Å²) >= 11 is 5.78. The Hall–Kier alpha value is -1.72. The minimum atomic E-state index is -0.457. The van der Waals surface area contributed by atoms with Gasteiger partial charge < -0.3 is 5.43 Å². The summed E-state index contributed by atoms with van der Waals surface area (Å²) in [7, 11) is 0. The number of halogens is 2. The molecule has 0 bridgehead atoms. The van der Waals surface area contributed by atoms with E-state index in [-0.39, 0.29) is 5.02 Å². The van der Waals surface area contributed by atoms with Crippen molar-refractivity contribution in [2.45, 2.75) is 18.8 Å². The molecule has 1 aromatic carbocycles. The summed E-state index contributed by atoms with van der Waals surface area (Å²) < 4.78 is 13.2. The van der Waals surface area contributed by atoms with Crippen molar-refractivity contribution in [1.29, 1.82) is 0 Å². The van der Waals surface area contributed by atoms with Crippen LogP contribution in [0.25, 0.3) is 11.4 Å². The Morgan fingerprint density at radius 1 is 1.26 bits per heavy atom. The molecule has 3 rings (SSSR count). The second-order valence-corrected chi connectivity index (χ2v) is 4.96. The summed E-state index contributed by atoms with van der Waals surface area (Å²) in [5.74, 6) is 6.48. The minimum absolute atomic E-state index is 0.0557. The predicted molar refractivity (Wildman–Crippen MR) is 72.2 cm³/mol. The molecule has 0 radical (unpaired) electrons. The molecule has 19 heavy (non-hydrogen) atoms. The zero-order valence-corrected chi connectivity index (χ0v) is 10.8. The molecule has 1 heterocycles. The van der Waals surface area contributed by atoms with E-state index in [4.69, 9.17) is 17.4 Å². The van der Waals surface area contributed by atoms with Gasteiger partial charge in [-0.1, -0.05) is 11.6 Å². The number of nitrogens with zero attached hydrogens (tertiary/aromatic N) is 2. The normalized spacial score (nSPS) is 14.5. The van der Waals surface area contributed by atoms with Crippen molar-refractivity contribution in [3.63, 3.8) is 0 Å². The fourth-order valence-corrected chi connectivity index (χ4v) is 2.07. The molecule has 1 aliphatic carbocycles. The summed E-state index contributed by atoms with van der Waals surface area (Å²) in [6.45, 7) is 0. The van der Waals surface area contributed by atoms with E-state index in [2.05, 4.69) is 15.4 Å². The molecule has 1 saturated carbocycles. The highest BCUT2D eigenvalue weighted by atomic mass is 35.5. The van der Waals surface area contributed by atoms with Gasteiger partial charge in [-0.05, 0) is 31.0 Å². The van der Waals surface area contributed by atoms with Crippen LogP contribution in [0.2, 0.25) is 5.02 Å². The Morgan fingerprint density at radius 3 is 2.68 bits per heavy atom. The number of hydrazine groups is 1. The molecule has 1 aromatic heterocycles. The summed E-state index contributed by atoms with van der Waals surface area (Å²) in [6, 6.07) is 6.27. The lowest BCUT2D eigenvalue weighted by Crippen LogP contribution is -2.10. The van der Waals surface area contributed by atoms with Crippen molar-refractivity contribution >= 4 is 17.4 Å². The van der Waals surface area contributed by atoms with Crippen LogP contribution in [0, 0.1) is 5.82 Å². The first-order chi connectivity index (χ1) is 9.17. The second-order valence-electron chi connectivity index (χ2n) is 4.55. The Balaban J connectivity index is 2.07. The molecule has 1 fully saturated rings. The number of nitrogens with two attached hydrogens (primary N) is 1. The number of nitrogens with one attached hydrogen (secondary N) is 1. The van der Waals surface area contributed by atoms with Crippen LogP contribution in [-0.2, 0) is 0 Å². The first-order valence-corrected chi connectivity index (χ1v) is 6.36. The fraction of sp³-hybridized carbons (Fsp3) is 0.231. The van der Waals surface area contributed by atoms with Crippen LogP contribution in [0.15, 0.2) is 24.3 Å². The van der Waals surface area contributed by atoms with Gasteiger partial charge in [-0.15, -0.1) is 0 Å². The zero-order valence-electron chi connectivity index (χ0n) is 10.0. The van der Waals surface area contributed by atoms with E-state index in [0.717, 1.165) is 18.5 Å². The molecule has 1 aliphatic rings. The van der Waals surface area contributed by atoms with E-state index in [9.17, 15) is 4.39 Å². The van der Waals surface area contributed by atoms with Crippen LogP contribution < -0.4 is 11.3 Å². The van der Waals surface area contributed by atoms with Gasteiger partial charge in [-0.2, -0.15) is 0 Å². The van der Waals surface area contributed by atoms with E-state index >= 15 is 0 Å². The van der Waals surface area contributed by atoms with Crippen molar-refractivity contribution in [3.05, 3.63) is 40.8 Å². The maximum Gasteiger partial charge on any atom is 0.161 e. The maximum absolute atomic E-state index is 13.2. The Kier molecular flexibility index (Phi) is 3.08.